The second-order valence-electron chi connectivity index (χ2n) is 8.39. The number of aromatic nitrogens is 3. The number of carbonyl (C=O) groups is 1. The summed E-state index contributed by atoms with van der Waals surface area (Å²) in [5.41, 5.74) is 4.37. The third kappa shape index (κ3) is 5.25. The Balaban J connectivity index is 1.40. The first-order chi connectivity index (χ1) is 17.2. The first-order valence-corrected chi connectivity index (χ1v) is 12.9. The van der Waals surface area contributed by atoms with Gasteiger partial charge >= 0.3 is 0 Å². The number of rotatable bonds is 8. The summed E-state index contributed by atoms with van der Waals surface area (Å²) in [6.45, 7) is 3.34. The van der Waals surface area contributed by atoms with Crippen molar-refractivity contribution < 1.29 is 9.53 Å². The molecular formula is C28H28N4O2S. The van der Waals surface area contributed by atoms with E-state index in [1.807, 2.05) is 77.1 Å². The van der Waals surface area contributed by atoms with E-state index < -0.39 is 0 Å². The number of nitrogens with zero attached hydrogens (tertiary/aromatic N) is 4. The standard InChI is InChI=1S/C28H28N4O2S/c1-2-34-24-16-14-23(15-17-24)32-26(19-21-9-4-3-5-10-21)29-30-28(32)35-20-27(33)31-18-8-12-22-11-6-7-13-25(22)31/h3-7,9-11,13-17H,2,8,12,18-20H2,1H3. The van der Waals surface area contributed by atoms with Crippen molar-refractivity contribution in [3.05, 3.63) is 95.8 Å². The molecular weight excluding hydrogens is 456 g/mol. The van der Waals surface area contributed by atoms with Crippen molar-refractivity contribution in [2.45, 2.75) is 31.3 Å². The van der Waals surface area contributed by atoms with Gasteiger partial charge in [-0.25, -0.2) is 0 Å². The highest BCUT2D eigenvalue weighted by Crippen LogP contribution is 2.29. The van der Waals surface area contributed by atoms with Crippen molar-refractivity contribution in [1.82, 2.24) is 14.8 Å². The van der Waals surface area contributed by atoms with Crippen molar-refractivity contribution in [2.75, 3.05) is 23.8 Å². The molecule has 1 amide bonds. The summed E-state index contributed by atoms with van der Waals surface area (Å²) in [6.07, 6.45) is 2.65. The number of anilines is 1. The van der Waals surface area contributed by atoms with Gasteiger partial charge in [-0.05, 0) is 61.2 Å². The lowest BCUT2D eigenvalue weighted by molar-refractivity contribution is -0.116. The Morgan fingerprint density at radius 2 is 1.74 bits per heavy atom. The van der Waals surface area contributed by atoms with E-state index in [0.717, 1.165) is 47.9 Å². The van der Waals surface area contributed by atoms with Crippen molar-refractivity contribution in [3.8, 4) is 11.4 Å². The van der Waals surface area contributed by atoms with Gasteiger partial charge < -0.3 is 9.64 Å². The van der Waals surface area contributed by atoms with Gasteiger partial charge in [-0.2, -0.15) is 0 Å². The molecule has 4 aromatic rings. The maximum absolute atomic E-state index is 13.2. The molecule has 7 heteroatoms. The molecule has 0 radical (unpaired) electrons. The molecule has 0 unspecified atom stereocenters. The van der Waals surface area contributed by atoms with Gasteiger partial charge in [0.15, 0.2) is 5.16 Å². The smallest absolute Gasteiger partial charge is 0.237 e. The molecule has 3 aromatic carbocycles. The molecule has 0 atom stereocenters. The number of hydrogen-bond donors (Lipinski definition) is 0. The Bertz CT molecular complexity index is 1290. The number of benzene rings is 3. The molecule has 1 aromatic heterocycles. The fourth-order valence-electron chi connectivity index (χ4n) is 4.40. The minimum atomic E-state index is 0.0907. The van der Waals surface area contributed by atoms with Crippen LogP contribution in [0.15, 0.2) is 84.0 Å². The summed E-state index contributed by atoms with van der Waals surface area (Å²) in [6, 6.07) is 26.3. The number of fused-ring (bicyclic) bond motifs is 1. The highest BCUT2D eigenvalue weighted by Gasteiger charge is 2.23. The SMILES string of the molecule is CCOc1ccc(-n2c(Cc3ccccc3)nnc2SCC(=O)N2CCCc3ccccc32)cc1. The van der Waals surface area contributed by atoms with E-state index in [9.17, 15) is 4.79 Å². The second kappa shape index (κ2) is 10.8. The van der Waals surface area contributed by atoms with Crippen LogP contribution in [0.2, 0.25) is 0 Å². The van der Waals surface area contributed by atoms with E-state index >= 15 is 0 Å². The largest absolute Gasteiger partial charge is 0.494 e. The third-order valence-corrected chi connectivity index (χ3v) is 6.96. The van der Waals surface area contributed by atoms with Crippen LogP contribution in [0.4, 0.5) is 5.69 Å². The van der Waals surface area contributed by atoms with E-state index in [-0.39, 0.29) is 5.91 Å². The summed E-state index contributed by atoms with van der Waals surface area (Å²) in [5, 5.41) is 9.70. The van der Waals surface area contributed by atoms with E-state index in [0.29, 0.717) is 23.9 Å². The van der Waals surface area contributed by atoms with Crippen molar-refractivity contribution in [1.29, 1.82) is 0 Å². The van der Waals surface area contributed by atoms with Gasteiger partial charge in [0.1, 0.15) is 11.6 Å². The Morgan fingerprint density at radius 1 is 0.971 bits per heavy atom. The lowest BCUT2D eigenvalue weighted by atomic mass is 10.0. The van der Waals surface area contributed by atoms with Crippen LogP contribution in [0.3, 0.4) is 0 Å². The summed E-state index contributed by atoms with van der Waals surface area (Å²) >= 11 is 1.43. The lowest BCUT2D eigenvalue weighted by Gasteiger charge is -2.29. The highest BCUT2D eigenvalue weighted by molar-refractivity contribution is 7.99. The van der Waals surface area contributed by atoms with Crippen molar-refractivity contribution in [3.63, 3.8) is 0 Å². The summed E-state index contributed by atoms with van der Waals surface area (Å²) in [7, 11) is 0. The molecule has 0 bridgehead atoms. The molecule has 5 rings (SSSR count). The number of carbonyl (C=O) groups excluding carboxylic acids is 1. The van der Waals surface area contributed by atoms with E-state index in [1.54, 1.807) is 0 Å². The van der Waals surface area contributed by atoms with Crippen molar-refractivity contribution >= 4 is 23.4 Å². The minimum Gasteiger partial charge on any atom is -0.494 e. The van der Waals surface area contributed by atoms with Crippen LogP contribution in [0.5, 0.6) is 5.75 Å². The lowest BCUT2D eigenvalue weighted by Crippen LogP contribution is -2.36. The number of ether oxygens (including phenoxy) is 1. The van der Waals surface area contributed by atoms with Crippen LogP contribution in [0.1, 0.15) is 30.3 Å². The van der Waals surface area contributed by atoms with Crippen LogP contribution in [0, 0.1) is 0 Å². The predicted molar refractivity (Wildman–Crippen MR) is 140 cm³/mol. The molecule has 0 saturated carbocycles. The van der Waals surface area contributed by atoms with Gasteiger partial charge in [-0.15, -0.1) is 10.2 Å². The number of amides is 1. The Labute approximate surface area is 210 Å². The number of aryl methyl sites for hydroxylation is 1. The summed E-state index contributed by atoms with van der Waals surface area (Å²) in [4.78, 5) is 15.1. The zero-order valence-electron chi connectivity index (χ0n) is 19.8. The van der Waals surface area contributed by atoms with Crippen LogP contribution >= 0.6 is 11.8 Å². The average Bonchev–Trinajstić information content (AvgIpc) is 3.30. The molecule has 0 fully saturated rings. The quantitative estimate of drug-likeness (QED) is 0.317. The molecule has 35 heavy (non-hydrogen) atoms. The molecule has 0 N–H and O–H groups in total. The molecule has 6 nitrogen and oxygen atoms in total. The minimum absolute atomic E-state index is 0.0907. The number of para-hydroxylation sites is 1. The van der Waals surface area contributed by atoms with Crippen LogP contribution < -0.4 is 9.64 Å². The maximum Gasteiger partial charge on any atom is 0.237 e. The molecule has 1 aliphatic heterocycles. The van der Waals surface area contributed by atoms with Gasteiger partial charge in [0, 0.05) is 24.3 Å². The van der Waals surface area contributed by atoms with Gasteiger partial charge in [0.25, 0.3) is 0 Å². The maximum atomic E-state index is 13.2. The molecule has 1 aliphatic rings. The van der Waals surface area contributed by atoms with Gasteiger partial charge in [0.05, 0.1) is 12.4 Å². The van der Waals surface area contributed by atoms with E-state index in [4.69, 9.17) is 4.74 Å². The van der Waals surface area contributed by atoms with Gasteiger partial charge in [-0.1, -0.05) is 60.3 Å². The second-order valence-corrected chi connectivity index (χ2v) is 9.33. The van der Waals surface area contributed by atoms with Crippen LogP contribution in [-0.4, -0.2) is 39.6 Å². The molecule has 2 heterocycles. The monoisotopic (exact) mass is 484 g/mol. The average molecular weight is 485 g/mol. The van der Waals surface area contributed by atoms with Gasteiger partial charge in [0.2, 0.25) is 5.91 Å². The predicted octanol–water partition coefficient (Wildman–Crippen LogP) is 5.33. The fourth-order valence-corrected chi connectivity index (χ4v) is 5.25. The van der Waals surface area contributed by atoms with Gasteiger partial charge in [-0.3, -0.25) is 9.36 Å². The summed E-state index contributed by atoms with van der Waals surface area (Å²) in [5.74, 6) is 2.04. The summed E-state index contributed by atoms with van der Waals surface area (Å²) < 4.78 is 7.66. The third-order valence-electron chi connectivity index (χ3n) is 6.05. The molecule has 0 spiro atoms. The zero-order chi connectivity index (χ0) is 24.0. The fraction of sp³-hybridized carbons (Fsp3) is 0.250. The van der Waals surface area contributed by atoms with Crippen molar-refractivity contribution in [2.24, 2.45) is 0 Å². The Kier molecular flexibility index (Phi) is 7.14. The highest BCUT2D eigenvalue weighted by atomic mass is 32.2. The molecule has 178 valence electrons. The van der Waals surface area contributed by atoms with E-state index in [2.05, 4.69) is 28.4 Å². The van der Waals surface area contributed by atoms with Crippen LogP contribution in [-0.2, 0) is 17.6 Å². The molecule has 0 aliphatic carbocycles. The molecule has 0 saturated heterocycles. The topological polar surface area (TPSA) is 60.2 Å². The Hall–Kier alpha value is -3.58. The van der Waals surface area contributed by atoms with E-state index in [1.165, 1.54) is 17.3 Å². The Morgan fingerprint density at radius 3 is 2.54 bits per heavy atom. The first kappa shape index (κ1) is 23.2. The normalized spacial score (nSPS) is 12.9. The number of thioether (sulfide) groups is 1. The van der Waals surface area contributed by atoms with Crippen LogP contribution in [0.25, 0.3) is 5.69 Å². The number of hydrogen-bond acceptors (Lipinski definition) is 5. The first-order valence-electron chi connectivity index (χ1n) is 12.0. The zero-order valence-corrected chi connectivity index (χ0v) is 20.6.